The van der Waals surface area contributed by atoms with Crippen LogP contribution in [0.2, 0.25) is 5.02 Å². The maximum Gasteiger partial charge on any atom is 0.127 e. The lowest BCUT2D eigenvalue weighted by atomic mass is 10.2. The molecule has 0 aromatic heterocycles. The van der Waals surface area contributed by atoms with Crippen molar-refractivity contribution < 1.29 is 9.47 Å². The Morgan fingerprint density at radius 3 is 1.08 bits per heavy atom. The second-order valence-electron chi connectivity index (χ2n) is 7.26. The first-order valence-corrected chi connectivity index (χ1v) is 13.2. The molecule has 0 amide bonds. The van der Waals surface area contributed by atoms with E-state index in [0.29, 0.717) is 5.02 Å². The lowest BCUT2D eigenvalue weighted by molar-refractivity contribution is 0.482. The monoisotopic (exact) mass is 518 g/mol. The molecular formula is C34H43ClO2. The molecule has 0 saturated carbocycles. The molecule has 2 nitrogen and oxygen atoms in total. The number of rotatable bonds is 4. The standard InChI is InChI=1S/C13H11ClO.C13H12O.C4H8.2C2H6/c1-10-2-6-12(7-3-10)15-13-8-4-11(14)5-9-13;1-11-7-9-13(10-8-11)14-12-5-3-2-4-6-12;1-3-4-2;2*1-2/h2-9H,1H3;2-10H,1H3;3-4H,1-2H3;2*1-2H3/b;;4-3-;;. The highest BCUT2D eigenvalue weighted by Gasteiger charge is 1.96. The van der Waals surface area contributed by atoms with E-state index >= 15 is 0 Å². The van der Waals surface area contributed by atoms with Crippen LogP contribution in [-0.4, -0.2) is 0 Å². The molecule has 0 aliphatic heterocycles. The fourth-order valence-corrected chi connectivity index (χ4v) is 2.60. The minimum atomic E-state index is 0.714. The molecule has 0 saturated heterocycles. The number of benzene rings is 4. The minimum Gasteiger partial charge on any atom is -0.457 e. The second kappa shape index (κ2) is 21.8. The number of aryl methyl sites for hydroxylation is 2. The zero-order valence-corrected chi connectivity index (χ0v) is 24.4. The largest absolute Gasteiger partial charge is 0.457 e. The van der Waals surface area contributed by atoms with E-state index in [1.54, 1.807) is 0 Å². The topological polar surface area (TPSA) is 18.5 Å². The summed E-state index contributed by atoms with van der Waals surface area (Å²) in [6.45, 7) is 16.1. The van der Waals surface area contributed by atoms with E-state index in [-0.39, 0.29) is 0 Å². The fourth-order valence-electron chi connectivity index (χ4n) is 2.48. The highest BCUT2D eigenvalue weighted by atomic mass is 35.5. The third-order valence-electron chi connectivity index (χ3n) is 4.40. The van der Waals surface area contributed by atoms with Crippen molar-refractivity contribution >= 4 is 11.6 Å². The van der Waals surface area contributed by atoms with Gasteiger partial charge in [0.05, 0.1) is 0 Å². The van der Waals surface area contributed by atoms with Gasteiger partial charge in [0.1, 0.15) is 23.0 Å². The van der Waals surface area contributed by atoms with Gasteiger partial charge in [-0.2, -0.15) is 0 Å². The number of para-hydroxylation sites is 1. The van der Waals surface area contributed by atoms with Crippen molar-refractivity contribution in [1.29, 1.82) is 0 Å². The van der Waals surface area contributed by atoms with Crippen LogP contribution < -0.4 is 9.47 Å². The van der Waals surface area contributed by atoms with E-state index in [4.69, 9.17) is 21.1 Å². The molecule has 0 N–H and O–H groups in total. The van der Waals surface area contributed by atoms with E-state index in [9.17, 15) is 0 Å². The van der Waals surface area contributed by atoms with Gasteiger partial charge in [-0.3, -0.25) is 0 Å². The van der Waals surface area contributed by atoms with Crippen molar-refractivity contribution in [3.63, 3.8) is 0 Å². The van der Waals surface area contributed by atoms with Crippen molar-refractivity contribution in [2.75, 3.05) is 0 Å². The van der Waals surface area contributed by atoms with E-state index in [0.717, 1.165) is 23.0 Å². The highest BCUT2D eigenvalue weighted by Crippen LogP contribution is 2.23. The van der Waals surface area contributed by atoms with Crippen LogP contribution in [0.5, 0.6) is 23.0 Å². The molecule has 0 atom stereocenters. The average molecular weight is 519 g/mol. The van der Waals surface area contributed by atoms with Gasteiger partial charge in [-0.1, -0.05) is 105 Å². The van der Waals surface area contributed by atoms with Crippen LogP contribution in [0, 0.1) is 13.8 Å². The third kappa shape index (κ3) is 16.0. The molecule has 198 valence electrons. The first-order valence-electron chi connectivity index (χ1n) is 12.9. The van der Waals surface area contributed by atoms with E-state index in [1.807, 2.05) is 164 Å². The number of halogens is 1. The van der Waals surface area contributed by atoms with Crippen LogP contribution in [0.25, 0.3) is 0 Å². The Bertz CT molecular complexity index is 1020. The average Bonchev–Trinajstić information content (AvgIpc) is 2.96. The maximum atomic E-state index is 5.78. The van der Waals surface area contributed by atoms with Gasteiger partial charge in [0.25, 0.3) is 0 Å². The van der Waals surface area contributed by atoms with Gasteiger partial charge in [-0.05, 0) is 88.4 Å². The second-order valence-corrected chi connectivity index (χ2v) is 7.70. The molecule has 0 aliphatic rings. The lowest BCUT2D eigenvalue weighted by Crippen LogP contribution is -1.83. The Morgan fingerprint density at radius 2 is 0.757 bits per heavy atom. The third-order valence-corrected chi connectivity index (χ3v) is 4.66. The fraction of sp³-hybridized carbons (Fsp3) is 0.235. The van der Waals surface area contributed by atoms with E-state index < -0.39 is 0 Å². The minimum absolute atomic E-state index is 0.714. The van der Waals surface area contributed by atoms with Gasteiger partial charge < -0.3 is 9.47 Å². The van der Waals surface area contributed by atoms with Gasteiger partial charge in [-0.25, -0.2) is 0 Å². The van der Waals surface area contributed by atoms with Crippen molar-refractivity contribution in [3.8, 4) is 23.0 Å². The van der Waals surface area contributed by atoms with Crippen LogP contribution in [-0.2, 0) is 0 Å². The summed E-state index contributed by atoms with van der Waals surface area (Å²) in [7, 11) is 0. The SMILES string of the molecule is C/C=C\C.CC.CC.Cc1ccc(Oc2ccc(Cl)cc2)cc1.Cc1ccc(Oc2ccccc2)cc1. The van der Waals surface area contributed by atoms with Gasteiger partial charge in [0.15, 0.2) is 0 Å². The zero-order valence-electron chi connectivity index (χ0n) is 23.7. The predicted molar refractivity (Wildman–Crippen MR) is 164 cm³/mol. The van der Waals surface area contributed by atoms with Crippen LogP contribution in [0.3, 0.4) is 0 Å². The molecule has 0 unspecified atom stereocenters. The Hall–Kier alpha value is -3.49. The first kappa shape index (κ1) is 33.5. The molecule has 0 aliphatic carbocycles. The summed E-state index contributed by atoms with van der Waals surface area (Å²) in [4.78, 5) is 0. The van der Waals surface area contributed by atoms with E-state index in [1.165, 1.54) is 11.1 Å². The highest BCUT2D eigenvalue weighted by molar-refractivity contribution is 6.30. The molecule has 4 aromatic carbocycles. The number of hydrogen-bond acceptors (Lipinski definition) is 2. The van der Waals surface area contributed by atoms with Crippen LogP contribution in [0.15, 0.2) is 115 Å². The molecular weight excluding hydrogens is 476 g/mol. The maximum absolute atomic E-state index is 5.78. The summed E-state index contributed by atoms with van der Waals surface area (Å²) < 4.78 is 11.3. The van der Waals surface area contributed by atoms with Crippen LogP contribution in [0.1, 0.15) is 52.7 Å². The van der Waals surface area contributed by atoms with Gasteiger partial charge >= 0.3 is 0 Å². The summed E-state index contributed by atoms with van der Waals surface area (Å²) >= 11 is 5.78. The van der Waals surface area contributed by atoms with Crippen LogP contribution in [0.4, 0.5) is 0 Å². The summed E-state index contributed by atoms with van der Waals surface area (Å²) in [5.41, 5.74) is 2.46. The summed E-state index contributed by atoms with van der Waals surface area (Å²) in [5.74, 6) is 3.38. The van der Waals surface area contributed by atoms with Gasteiger partial charge in [0, 0.05) is 5.02 Å². The van der Waals surface area contributed by atoms with Crippen molar-refractivity contribution in [2.45, 2.75) is 55.4 Å². The first-order chi connectivity index (χ1) is 18.0. The predicted octanol–water partition coefficient (Wildman–Crippen LogP) is 11.9. The lowest BCUT2D eigenvalue weighted by Gasteiger charge is -2.05. The number of allylic oxidation sites excluding steroid dienone is 2. The molecule has 0 fully saturated rings. The quantitative estimate of drug-likeness (QED) is 0.250. The van der Waals surface area contributed by atoms with Crippen molar-refractivity contribution in [2.24, 2.45) is 0 Å². The molecule has 0 spiro atoms. The summed E-state index contributed by atoms with van der Waals surface area (Å²) in [5, 5.41) is 0.714. The molecule has 4 rings (SSSR count). The summed E-state index contributed by atoms with van der Waals surface area (Å²) in [6, 6.07) is 33.1. The molecule has 3 heteroatoms. The van der Waals surface area contributed by atoms with Crippen molar-refractivity contribution in [3.05, 3.63) is 131 Å². The van der Waals surface area contributed by atoms with E-state index in [2.05, 4.69) is 6.92 Å². The molecule has 0 radical (unpaired) electrons. The Labute approximate surface area is 230 Å². The molecule has 4 aromatic rings. The number of hydrogen-bond donors (Lipinski definition) is 0. The Balaban J connectivity index is 0.000000550. The smallest absolute Gasteiger partial charge is 0.127 e. The Kier molecular flexibility index (Phi) is 19.7. The van der Waals surface area contributed by atoms with Gasteiger partial charge in [0.2, 0.25) is 0 Å². The zero-order chi connectivity index (χ0) is 27.9. The molecule has 0 heterocycles. The Morgan fingerprint density at radius 1 is 0.459 bits per heavy atom. The summed E-state index contributed by atoms with van der Waals surface area (Å²) in [6.07, 6.45) is 4.00. The van der Waals surface area contributed by atoms with Crippen molar-refractivity contribution in [1.82, 2.24) is 0 Å². The van der Waals surface area contributed by atoms with Gasteiger partial charge in [-0.15, -0.1) is 0 Å². The number of ether oxygens (including phenoxy) is 2. The molecule has 0 bridgehead atoms. The van der Waals surface area contributed by atoms with Crippen LogP contribution >= 0.6 is 11.6 Å². The normalized spacial score (nSPS) is 9.11. The molecule has 37 heavy (non-hydrogen) atoms.